The highest BCUT2D eigenvalue weighted by molar-refractivity contribution is 7.89. The van der Waals surface area contributed by atoms with E-state index in [0.717, 1.165) is 51.6 Å². The Morgan fingerprint density at radius 2 is 1.59 bits per heavy atom. The molecule has 32 heavy (non-hydrogen) atoms. The average Bonchev–Trinajstić information content (AvgIpc) is 2.97. The van der Waals surface area contributed by atoms with Crippen molar-refractivity contribution in [2.45, 2.75) is 88.2 Å². The standard InChI is InChI=1S/C23H36N4O4S/c1-18-9-10-19(2)26(18)20-8-7-13-24(17-20)22-12-11-21(16-23(22)27(28)29)32(30,31)25-14-5-3-4-6-15-25/h11-12,16,18-20H,3-10,13-15,17H2,1-2H3/t18-,19-,20+/m0/s1. The number of rotatable bonds is 5. The molecular formula is C23H36N4O4S. The van der Waals surface area contributed by atoms with Crippen LogP contribution in [-0.4, -0.2) is 66.9 Å². The topological polar surface area (TPSA) is 87.0 Å². The molecule has 0 spiro atoms. The van der Waals surface area contributed by atoms with Crippen LogP contribution in [0.1, 0.15) is 65.2 Å². The minimum atomic E-state index is -3.73. The van der Waals surface area contributed by atoms with E-state index in [9.17, 15) is 18.5 Å². The number of sulfonamides is 1. The lowest BCUT2D eigenvalue weighted by atomic mass is 10.0. The lowest BCUT2D eigenvalue weighted by Gasteiger charge is -2.42. The van der Waals surface area contributed by atoms with E-state index in [4.69, 9.17) is 0 Å². The van der Waals surface area contributed by atoms with Gasteiger partial charge in [-0.2, -0.15) is 4.31 Å². The Morgan fingerprint density at radius 1 is 0.938 bits per heavy atom. The molecule has 0 amide bonds. The highest BCUT2D eigenvalue weighted by Crippen LogP contribution is 2.36. The summed E-state index contributed by atoms with van der Waals surface area (Å²) < 4.78 is 27.9. The fraction of sp³-hybridized carbons (Fsp3) is 0.739. The summed E-state index contributed by atoms with van der Waals surface area (Å²) >= 11 is 0. The van der Waals surface area contributed by atoms with E-state index < -0.39 is 14.9 Å². The molecule has 1 aromatic carbocycles. The Hall–Kier alpha value is -1.71. The van der Waals surface area contributed by atoms with Crippen molar-refractivity contribution in [2.24, 2.45) is 0 Å². The lowest BCUT2D eigenvalue weighted by Crippen LogP contribution is -2.51. The highest BCUT2D eigenvalue weighted by Gasteiger charge is 2.37. The van der Waals surface area contributed by atoms with Gasteiger partial charge in [0.15, 0.2) is 0 Å². The van der Waals surface area contributed by atoms with Gasteiger partial charge in [-0.1, -0.05) is 12.8 Å². The Kier molecular flexibility index (Phi) is 7.07. The first-order valence-electron chi connectivity index (χ1n) is 12.1. The summed E-state index contributed by atoms with van der Waals surface area (Å²) in [5, 5.41) is 12.0. The van der Waals surface area contributed by atoms with E-state index in [-0.39, 0.29) is 10.6 Å². The van der Waals surface area contributed by atoms with Gasteiger partial charge in [-0.05, 0) is 64.5 Å². The van der Waals surface area contributed by atoms with E-state index in [1.807, 2.05) is 0 Å². The summed E-state index contributed by atoms with van der Waals surface area (Å²) in [6.45, 7) is 7.01. The normalized spacial score (nSPS) is 28.6. The zero-order valence-electron chi connectivity index (χ0n) is 19.3. The summed E-state index contributed by atoms with van der Waals surface area (Å²) in [6.07, 6.45) is 8.18. The van der Waals surface area contributed by atoms with E-state index in [1.54, 1.807) is 12.1 Å². The van der Waals surface area contributed by atoms with Crippen LogP contribution in [0.15, 0.2) is 23.1 Å². The quantitative estimate of drug-likeness (QED) is 0.483. The summed E-state index contributed by atoms with van der Waals surface area (Å²) in [5.41, 5.74) is 0.429. The third kappa shape index (κ3) is 4.65. The van der Waals surface area contributed by atoms with Crippen LogP contribution in [0.4, 0.5) is 11.4 Å². The molecule has 178 valence electrons. The molecule has 4 rings (SSSR count). The molecule has 3 aliphatic rings. The molecule has 0 N–H and O–H groups in total. The Balaban J connectivity index is 1.60. The molecule has 0 unspecified atom stereocenters. The number of likely N-dealkylation sites (tertiary alicyclic amines) is 1. The van der Waals surface area contributed by atoms with Crippen molar-refractivity contribution in [3.63, 3.8) is 0 Å². The molecule has 8 nitrogen and oxygen atoms in total. The number of anilines is 1. The summed E-state index contributed by atoms with van der Waals surface area (Å²) in [7, 11) is -3.73. The monoisotopic (exact) mass is 464 g/mol. The van der Waals surface area contributed by atoms with Crippen molar-refractivity contribution in [1.82, 2.24) is 9.21 Å². The van der Waals surface area contributed by atoms with Gasteiger partial charge < -0.3 is 4.90 Å². The molecule has 3 fully saturated rings. The van der Waals surface area contributed by atoms with Crippen LogP contribution < -0.4 is 4.90 Å². The van der Waals surface area contributed by atoms with Crippen LogP contribution in [0.3, 0.4) is 0 Å². The molecule has 0 saturated carbocycles. The zero-order chi connectivity index (χ0) is 22.9. The van der Waals surface area contributed by atoms with Crippen molar-refractivity contribution in [3.05, 3.63) is 28.3 Å². The van der Waals surface area contributed by atoms with E-state index in [2.05, 4.69) is 23.6 Å². The zero-order valence-corrected chi connectivity index (χ0v) is 20.1. The molecule has 3 atom stereocenters. The van der Waals surface area contributed by atoms with Crippen LogP contribution in [0.2, 0.25) is 0 Å². The van der Waals surface area contributed by atoms with Gasteiger partial charge in [0, 0.05) is 50.4 Å². The second kappa shape index (κ2) is 9.65. The van der Waals surface area contributed by atoms with Crippen LogP contribution in [0.25, 0.3) is 0 Å². The van der Waals surface area contributed by atoms with Gasteiger partial charge in [0.2, 0.25) is 10.0 Å². The molecule has 0 radical (unpaired) electrons. The first kappa shape index (κ1) is 23.4. The number of hydrogen-bond acceptors (Lipinski definition) is 6. The largest absolute Gasteiger partial charge is 0.364 e. The minimum absolute atomic E-state index is 0.0326. The van der Waals surface area contributed by atoms with Crippen LogP contribution in [0.5, 0.6) is 0 Å². The van der Waals surface area contributed by atoms with Gasteiger partial charge in [0.25, 0.3) is 5.69 Å². The summed E-state index contributed by atoms with van der Waals surface area (Å²) in [4.78, 5) is 16.2. The number of hydrogen-bond donors (Lipinski definition) is 0. The van der Waals surface area contributed by atoms with Gasteiger partial charge in [0.1, 0.15) is 5.69 Å². The minimum Gasteiger partial charge on any atom is -0.364 e. The van der Waals surface area contributed by atoms with E-state index in [0.29, 0.717) is 36.9 Å². The number of benzene rings is 1. The number of nitro groups is 1. The van der Waals surface area contributed by atoms with Gasteiger partial charge in [-0.3, -0.25) is 15.0 Å². The first-order valence-corrected chi connectivity index (χ1v) is 13.5. The van der Waals surface area contributed by atoms with Crippen molar-refractivity contribution in [2.75, 3.05) is 31.1 Å². The molecular weight excluding hydrogens is 428 g/mol. The second-order valence-corrected chi connectivity index (χ2v) is 11.6. The molecule has 1 aromatic rings. The Labute approximate surface area is 191 Å². The SMILES string of the molecule is C[C@H]1CC[C@H](C)N1[C@@H]1CCCN(c2ccc(S(=O)(=O)N3CCCCCC3)cc2[N+](=O)[O-])C1. The number of nitro benzene ring substituents is 1. The van der Waals surface area contributed by atoms with Crippen LogP contribution in [0, 0.1) is 10.1 Å². The predicted molar refractivity (Wildman–Crippen MR) is 126 cm³/mol. The smallest absolute Gasteiger partial charge is 0.293 e. The summed E-state index contributed by atoms with van der Waals surface area (Å²) in [5.74, 6) is 0. The molecule has 3 heterocycles. The van der Waals surface area contributed by atoms with Crippen molar-refractivity contribution >= 4 is 21.4 Å². The van der Waals surface area contributed by atoms with Crippen LogP contribution in [-0.2, 0) is 10.0 Å². The van der Waals surface area contributed by atoms with Gasteiger partial charge in [0.05, 0.1) is 9.82 Å². The van der Waals surface area contributed by atoms with Crippen molar-refractivity contribution in [3.8, 4) is 0 Å². The Morgan fingerprint density at radius 3 is 2.22 bits per heavy atom. The molecule has 0 aliphatic carbocycles. The van der Waals surface area contributed by atoms with Crippen molar-refractivity contribution in [1.29, 1.82) is 0 Å². The van der Waals surface area contributed by atoms with E-state index >= 15 is 0 Å². The predicted octanol–water partition coefficient (Wildman–Crippen LogP) is 4.00. The fourth-order valence-corrected chi connectivity index (χ4v) is 7.40. The fourth-order valence-electron chi connectivity index (χ4n) is 5.86. The maximum Gasteiger partial charge on any atom is 0.293 e. The van der Waals surface area contributed by atoms with E-state index in [1.165, 1.54) is 23.2 Å². The third-order valence-corrected chi connectivity index (χ3v) is 9.42. The highest BCUT2D eigenvalue weighted by atomic mass is 32.2. The molecule has 3 saturated heterocycles. The molecule has 0 bridgehead atoms. The Bertz CT molecular complexity index is 920. The molecule has 3 aliphatic heterocycles. The van der Waals surface area contributed by atoms with Gasteiger partial charge in [-0.15, -0.1) is 0 Å². The maximum atomic E-state index is 13.2. The first-order chi connectivity index (χ1) is 15.3. The second-order valence-electron chi connectivity index (χ2n) is 9.69. The maximum absolute atomic E-state index is 13.2. The van der Waals surface area contributed by atoms with Crippen molar-refractivity contribution < 1.29 is 13.3 Å². The lowest BCUT2D eigenvalue weighted by molar-refractivity contribution is -0.384. The van der Waals surface area contributed by atoms with Gasteiger partial charge in [-0.25, -0.2) is 8.42 Å². The van der Waals surface area contributed by atoms with Gasteiger partial charge >= 0.3 is 0 Å². The number of nitrogens with zero attached hydrogens (tertiary/aromatic N) is 4. The number of piperidine rings is 1. The molecule has 0 aromatic heterocycles. The molecule has 9 heteroatoms. The van der Waals surface area contributed by atoms with Crippen LogP contribution >= 0.6 is 0 Å². The average molecular weight is 465 g/mol. The third-order valence-electron chi connectivity index (χ3n) is 7.53. The summed E-state index contributed by atoms with van der Waals surface area (Å²) in [6, 6.07) is 5.93.